The first-order chi connectivity index (χ1) is 14.5. The fourth-order valence-electron chi connectivity index (χ4n) is 3.47. The zero-order valence-electron chi connectivity index (χ0n) is 17.6. The van der Waals surface area contributed by atoms with Crippen molar-refractivity contribution in [3.63, 3.8) is 0 Å². The molecule has 0 radical (unpaired) electrons. The average molecular weight is 475 g/mol. The third-order valence-electron chi connectivity index (χ3n) is 5.16. The number of carbonyl (C=O) groups excluding carboxylic acids is 1. The van der Waals surface area contributed by atoms with Crippen molar-refractivity contribution in [1.82, 2.24) is 9.80 Å². The van der Waals surface area contributed by atoms with Gasteiger partial charge in [0.05, 0.1) is 21.3 Å². The molecule has 0 saturated carbocycles. The minimum Gasteiger partial charge on any atom is -0.497 e. The molecule has 0 aromatic heterocycles. The van der Waals surface area contributed by atoms with Gasteiger partial charge >= 0.3 is 0 Å². The van der Waals surface area contributed by atoms with Crippen LogP contribution in [0.1, 0.15) is 11.1 Å². The molecular weight excluding hydrogens is 448 g/mol. The molecule has 1 fully saturated rings. The van der Waals surface area contributed by atoms with Crippen molar-refractivity contribution < 1.29 is 19.0 Å². The molecule has 1 aliphatic heterocycles. The predicted octanol–water partition coefficient (Wildman–Crippen LogP) is 3.83. The summed E-state index contributed by atoms with van der Waals surface area (Å²) >= 11 is 3.45. The van der Waals surface area contributed by atoms with Crippen molar-refractivity contribution >= 4 is 27.9 Å². The highest BCUT2D eigenvalue weighted by molar-refractivity contribution is 9.10. The van der Waals surface area contributed by atoms with Crippen LogP contribution >= 0.6 is 15.9 Å². The van der Waals surface area contributed by atoms with Gasteiger partial charge in [-0.3, -0.25) is 9.69 Å². The number of hydrogen-bond donors (Lipinski definition) is 0. The molecule has 0 atom stereocenters. The van der Waals surface area contributed by atoms with Crippen molar-refractivity contribution in [3.8, 4) is 17.2 Å². The summed E-state index contributed by atoms with van der Waals surface area (Å²) in [6.45, 7) is 3.74. The van der Waals surface area contributed by atoms with E-state index in [0.29, 0.717) is 13.1 Å². The number of amides is 1. The van der Waals surface area contributed by atoms with Gasteiger partial charge in [0.2, 0.25) is 5.91 Å². The SMILES string of the molecule is COc1ccc(OC)c(CN2CCN(C(=O)/C=C/c3cc(Br)ccc3OC)CC2)c1. The quantitative estimate of drug-likeness (QED) is 0.570. The second-order valence-corrected chi connectivity index (χ2v) is 7.91. The third-order valence-corrected chi connectivity index (χ3v) is 5.66. The number of hydrogen-bond acceptors (Lipinski definition) is 5. The monoisotopic (exact) mass is 474 g/mol. The summed E-state index contributed by atoms with van der Waals surface area (Å²) in [5.74, 6) is 2.41. The largest absolute Gasteiger partial charge is 0.497 e. The molecule has 0 spiro atoms. The number of carbonyl (C=O) groups is 1. The molecular formula is C23H27BrN2O4. The zero-order valence-corrected chi connectivity index (χ0v) is 19.1. The minimum absolute atomic E-state index is 0.00985. The predicted molar refractivity (Wildman–Crippen MR) is 121 cm³/mol. The Hall–Kier alpha value is -2.51. The highest BCUT2D eigenvalue weighted by atomic mass is 79.9. The van der Waals surface area contributed by atoms with Crippen molar-refractivity contribution in [1.29, 1.82) is 0 Å². The minimum atomic E-state index is 0.00985. The van der Waals surface area contributed by atoms with Crippen LogP contribution in [0.2, 0.25) is 0 Å². The number of piperazine rings is 1. The van der Waals surface area contributed by atoms with E-state index in [2.05, 4.69) is 20.8 Å². The molecule has 0 unspecified atom stereocenters. The Morgan fingerprint density at radius 3 is 2.33 bits per heavy atom. The Bertz CT molecular complexity index is 908. The van der Waals surface area contributed by atoms with Gasteiger partial charge in [0.15, 0.2) is 0 Å². The number of nitrogens with zero attached hydrogens (tertiary/aromatic N) is 2. The first-order valence-corrected chi connectivity index (χ1v) is 10.6. The summed E-state index contributed by atoms with van der Waals surface area (Å²) in [6, 6.07) is 11.5. The molecule has 160 valence electrons. The van der Waals surface area contributed by atoms with E-state index in [0.717, 1.165) is 52.5 Å². The summed E-state index contributed by atoms with van der Waals surface area (Å²) in [5.41, 5.74) is 1.95. The molecule has 1 amide bonds. The Balaban J connectivity index is 1.58. The maximum Gasteiger partial charge on any atom is 0.246 e. The van der Waals surface area contributed by atoms with Crippen LogP contribution in [0, 0.1) is 0 Å². The second-order valence-electron chi connectivity index (χ2n) is 7.00. The van der Waals surface area contributed by atoms with Crippen molar-refractivity contribution in [3.05, 3.63) is 58.1 Å². The second kappa shape index (κ2) is 10.5. The topological polar surface area (TPSA) is 51.2 Å². The Morgan fingerprint density at radius 1 is 0.967 bits per heavy atom. The summed E-state index contributed by atoms with van der Waals surface area (Å²) in [6.07, 6.45) is 3.42. The van der Waals surface area contributed by atoms with E-state index < -0.39 is 0 Å². The van der Waals surface area contributed by atoms with Crippen molar-refractivity contribution in [2.45, 2.75) is 6.54 Å². The van der Waals surface area contributed by atoms with Crippen molar-refractivity contribution in [2.75, 3.05) is 47.5 Å². The standard InChI is InChI=1S/C23H27BrN2O4/c1-28-20-6-8-22(30-3)18(15-20)16-25-10-12-26(13-11-25)23(27)9-4-17-14-19(24)5-7-21(17)29-2/h4-9,14-15H,10-13,16H2,1-3H3/b9-4+. The molecule has 0 aliphatic carbocycles. The number of benzene rings is 2. The molecule has 2 aromatic carbocycles. The summed E-state index contributed by atoms with van der Waals surface area (Å²) in [7, 11) is 4.96. The fourth-order valence-corrected chi connectivity index (χ4v) is 3.85. The molecule has 0 bridgehead atoms. The summed E-state index contributed by atoms with van der Waals surface area (Å²) in [4.78, 5) is 16.8. The van der Waals surface area contributed by atoms with Gasteiger partial charge in [-0.25, -0.2) is 0 Å². The highest BCUT2D eigenvalue weighted by Gasteiger charge is 2.21. The Kier molecular flexibility index (Phi) is 7.76. The Labute approximate surface area is 186 Å². The number of halogens is 1. The average Bonchev–Trinajstić information content (AvgIpc) is 2.78. The van der Waals surface area contributed by atoms with Crippen LogP contribution in [0.3, 0.4) is 0 Å². The lowest BCUT2D eigenvalue weighted by atomic mass is 10.1. The van der Waals surface area contributed by atoms with E-state index in [-0.39, 0.29) is 5.91 Å². The molecule has 7 heteroatoms. The zero-order chi connectivity index (χ0) is 21.5. The van der Waals surface area contributed by atoms with E-state index in [4.69, 9.17) is 14.2 Å². The highest BCUT2D eigenvalue weighted by Crippen LogP contribution is 2.26. The van der Waals surface area contributed by atoms with Gasteiger partial charge in [0.25, 0.3) is 0 Å². The third kappa shape index (κ3) is 5.55. The lowest BCUT2D eigenvalue weighted by Gasteiger charge is -2.34. The first-order valence-electron chi connectivity index (χ1n) is 9.78. The van der Waals surface area contributed by atoms with E-state index in [1.165, 1.54) is 0 Å². The van der Waals surface area contributed by atoms with E-state index in [9.17, 15) is 4.79 Å². The van der Waals surface area contributed by atoms with Crippen LogP contribution in [-0.2, 0) is 11.3 Å². The number of rotatable bonds is 7. The summed E-state index contributed by atoms with van der Waals surface area (Å²) in [5, 5.41) is 0. The van der Waals surface area contributed by atoms with Gasteiger partial charge < -0.3 is 19.1 Å². The van der Waals surface area contributed by atoms with Crippen molar-refractivity contribution in [2.24, 2.45) is 0 Å². The first kappa shape index (κ1) is 22.2. The van der Waals surface area contributed by atoms with Crippen LogP contribution < -0.4 is 14.2 Å². The molecule has 1 heterocycles. The van der Waals surface area contributed by atoms with E-state index in [1.54, 1.807) is 33.5 Å². The van der Waals surface area contributed by atoms with Gasteiger partial charge in [-0.1, -0.05) is 15.9 Å². The number of ether oxygens (including phenoxy) is 3. The van der Waals surface area contributed by atoms with E-state index in [1.807, 2.05) is 41.3 Å². The van der Waals surface area contributed by atoms with Gasteiger partial charge in [-0.05, 0) is 42.5 Å². The molecule has 1 saturated heterocycles. The van der Waals surface area contributed by atoms with Crippen LogP contribution in [-0.4, -0.2) is 63.2 Å². The lowest BCUT2D eigenvalue weighted by Crippen LogP contribution is -2.47. The van der Waals surface area contributed by atoms with Gasteiger partial charge in [-0.2, -0.15) is 0 Å². The van der Waals surface area contributed by atoms with Crippen LogP contribution in [0.25, 0.3) is 6.08 Å². The molecule has 1 aliphatic rings. The Morgan fingerprint density at radius 2 is 1.67 bits per heavy atom. The molecule has 0 N–H and O–H groups in total. The smallest absolute Gasteiger partial charge is 0.246 e. The van der Waals surface area contributed by atoms with Gasteiger partial charge in [-0.15, -0.1) is 0 Å². The van der Waals surface area contributed by atoms with Crippen LogP contribution in [0.4, 0.5) is 0 Å². The maximum absolute atomic E-state index is 12.6. The summed E-state index contributed by atoms with van der Waals surface area (Å²) < 4.78 is 17.1. The maximum atomic E-state index is 12.6. The van der Waals surface area contributed by atoms with Crippen LogP contribution in [0.15, 0.2) is 46.9 Å². The molecule has 3 rings (SSSR count). The molecule has 2 aromatic rings. The molecule has 6 nitrogen and oxygen atoms in total. The van der Waals surface area contributed by atoms with Gasteiger partial charge in [0, 0.05) is 54.4 Å². The van der Waals surface area contributed by atoms with E-state index >= 15 is 0 Å². The normalized spacial score (nSPS) is 14.7. The lowest BCUT2D eigenvalue weighted by molar-refractivity contribution is -0.127. The van der Waals surface area contributed by atoms with Crippen LogP contribution in [0.5, 0.6) is 17.2 Å². The fraction of sp³-hybridized carbons (Fsp3) is 0.348. The number of methoxy groups -OCH3 is 3. The molecule has 30 heavy (non-hydrogen) atoms. The van der Waals surface area contributed by atoms with Gasteiger partial charge in [0.1, 0.15) is 17.2 Å².